The van der Waals surface area contributed by atoms with Crippen molar-refractivity contribution in [2.75, 3.05) is 24.7 Å². The van der Waals surface area contributed by atoms with Crippen molar-refractivity contribution in [3.05, 3.63) is 29.0 Å². The lowest BCUT2D eigenvalue weighted by atomic mass is 10.4. The van der Waals surface area contributed by atoms with E-state index in [4.69, 9.17) is 4.42 Å². The van der Waals surface area contributed by atoms with Crippen molar-refractivity contribution in [1.29, 1.82) is 0 Å². The molecule has 0 aliphatic rings. The number of aromatic nitrogens is 2. The molecule has 26 heavy (non-hydrogen) atoms. The van der Waals surface area contributed by atoms with Crippen molar-refractivity contribution < 1.29 is 17.9 Å². The summed E-state index contributed by atoms with van der Waals surface area (Å²) in [6, 6.07) is 3.73. The van der Waals surface area contributed by atoms with Gasteiger partial charge in [-0.25, -0.2) is 12.7 Å². The first-order valence-corrected chi connectivity index (χ1v) is 10.5. The summed E-state index contributed by atoms with van der Waals surface area (Å²) in [7, 11) is -0.905. The van der Waals surface area contributed by atoms with Crippen molar-refractivity contribution in [1.82, 2.24) is 13.1 Å². The van der Waals surface area contributed by atoms with Gasteiger partial charge in [0.1, 0.15) is 11.5 Å². The maximum absolute atomic E-state index is 12.2. The summed E-state index contributed by atoms with van der Waals surface area (Å²) in [5, 5.41) is 17.8. The number of furan rings is 1. The molecule has 12 heteroatoms. The van der Waals surface area contributed by atoms with Gasteiger partial charge in [-0.15, -0.1) is 11.3 Å². The van der Waals surface area contributed by atoms with Crippen LogP contribution in [-0.4, -0.2) is 40.7 Å². The van der Waals surface area contributed by atoms with Gasteiger partial charge in [0.25, 0.3) is 10.0 Å². The summed E-state index contributed by atoms with van der Waals surface area (Å²) in [4.78, 5) is 0. The van der Waals surface area contributed by atoms with Gasteiger partial charge in [0.15, 0.2) is 21.6 Å². The molecule has 0 unspecified atom stereocenters. The highest BCUT2D eigenvalue weighted by molar-refractivity contribution is 7.91. The summed E-state index contributed by atoms with van der Waals surface area (Å²) >= 11 is 1.92. The van der Waals surface area contributed by atoms with Crippen LogP contribution in [0.5, 0.6) is 5.75 Å². The molecule has 0 aliphatic heterocycles. The minimum Gasteiger partial charge on any atom is -0.504 e. The van der Waals surface area contributed by atoms with Gasteiger partial charge in [-0.3, -0.25) is 0 Å². The number of aryl methyl sites for hydroxylation is 1. The standard InChI is InChI=1S/C14H17N5O4S3/c1-8-4-5-9(23-8)6-15-12-13(18-25-17-12)16-10-7-24-14(11(10)20)26(21,22)19(2)3/h4-5,7,20H,6H2,1-3H3,(H,15,17)(H,16,18). The molecule has 0 fully saturated rings. The largest absolute Gasteiger partial charge is 0.504 e. The first kappa shape index (κ1) is 18.6. The molecule has 0 radical (unpaired) electrons. The molecule has 3 rings (SSSR count). The monoisotopic (exact) mass is 415 g/mol. The van der Waals surface area contributed by atoms with E-state index in [-0.39, 0.29) is 15.6 Å². The first-order valence-electron chi connectivity index (χ1n) is 7.40. The molecule has 3 aromatic rings. The van der Waals surface area contributed by atoms with Crippen LogP contribution in [0.3, 0.4) is 0 Å². The van der Waals surface area contributed by atoms with E-state index in [1.165, 1.54) is 19.5 Å². The Kier molecular flexibility index (Phi) is 5.18. The molecular weight excluding hydrogens is 398 g/mol. The van der Waals surface area contributed by atoms with Gasteiger partial charge in [-0.2, -0.15) is 8.75 Å². The highest BCUT2D eigenvalue weighted by Crippen LogP contribution is 2.40. The zero-order valence-corrected chi connectivity index (χ0v) is 16.6. The Morgan fingerprint density at radius 2 is 2.00 bits per heavy atom. The van der Waals surface area contributed by atoms with Crippen LogP contribution in [0.25, 0.3) is 0 Å². The molecular formula is C14H17N5O4S3. The Morgan fingerprint density at radius 3 is 2.65 bits per heavy atom. The van der Waals surface area contributed by atoms with Crippen LogP contribution in [0, 0.1) is 6.92 Å². The van der Waals surface area contributed by atoms with E-state index >= 15 is 0 Å². The molecule has 9 nitrogen and oxygen atoms in total. The van der Waals surface area contributed by atoms with Crippen molar-refractivity contribution >= 4 is 50.4 Å². The van der Waals surface area contributed by atoms with Gasteiger partial charge in [0.2, 0.25) is 0 Å². The molecule has 0 atom stereocenters. The zero-order chi connectivity index (χ0) is 18.9. The summed E-state index contributed by atoms with van der Waals surface area (Å²) in [5.41, 5.74) is 0.250. The fourth-order valence-electron chi connectivity index (χ4n) is 2.04. The van der Waals surface area contributed by atoms with Crippen molar-refractivity contribution in [2.24, 2.45) is 0 Å². The van der Waals surface area contributed by atoms with Crippen molar-refractivity contribution in [2.45, 2.75) is 17.7 Å². The third-order valence-corrected chi connectivity index (χ3v) is 7.25. The van der Waals surface area contributed by atoms with E-state index < -0.39 is 10.0 Å². The second-order valence-corrected chi connectivity index (χ2v) is 9.28. The first-order chi connectivity index (χ1) is 12.3. The van der Waals surface area contributed by atoms with E-state index in [1.54, 1.807) is 0 Å². The van der Waals surface area contributed by atoms with Crippen LogP contribution in [0.1, 0.15) is 11.5 Å². The van der Waals surface area contributed by atoms with E-state index in [0.29, 0.717) is 18.2 Å². The SMILES string of the molecule is Cc1ccc(CNc2nsnc2Nc2csc(S(=O)(=O)N(C)C)c2O)o1. The summed E-state index contributed by atoms with van der Waals surface area (Å²) in [6.07, 6.45) is 0. The number of rotatable bonds is 7. The fraction of sp³-hybridized carbons (Fsp3) is 0.286. The van der Waals surface area contributed by atoms with Crippen LogP contribution in [0.2, 0.25) is 0 Å². The van der Waals surface area contributed by atoms with Gasteiger partial charge in [0, 0.05) is 19.5 Å². The minimum atomic E-state index is -3.72. The molecule has 0 spiro atoms. The normalized spacial score (nSPS) is 11.8. The highest BCUT2D eigenvalue weighted by atomic mass is 32.2. The maximum Gasteiger partial charge on any atom is 0.255 e. The number of aromatic hydroxyl groups is 1. The molecule has 0 saturated heterocycles. The Labute approximate surface area is 158 Å². The lowest BCUT2D eigenvalue weighted by Crippen LogP contribution is -2.21. The number of hydrogen-bond acceptors (Lipinski definition) is 10. The molecule has 0 saturated carbocycles. The van der Waals surface area contributed by atoms with E-state index in [1.807, 2.05) is 19.1 Å². The summed E-state index contributed by atoms with van der Waals surface area (Å²) in [6.45, 7) is 2.28. The van der Waals surface area contributed by atoms with Gasteiger partial charge in [-0.1, -0.05) is 0 Å². The lowest BCUT2D eigenvalue weighted by molar-refractivity contribution is 0.460. The van der Waals surface area contributed by atoms with Crippen LogP contribution < -0.4 is 10.6 Å². The molecule has 0 amide bonds. The maximum atomic E-state index is 12.2. The van der Waals surface area contributed by atoms with Gasteiger partial charge < -0.3 is 20.2 Å². The minimum absolute atomic E-state index is 0.131. The number of hydrogen-bond donors (Lipinski definition) is 3. The molecule has 0 aromatic carbocycles. The van der Waals surface area contributed by atoms with E-state index in [9.17, 15) is 13.5 Å². The van der Waals surface area contributed by atoms with Crippen molar-refractivity contribution in [3.63, 3.8) is 0 Å². The molecule has 140 valence electrons. The van der Waals surface area contributed by atoms with Gasteiger partial charge >= 0.3 is 0 Å². The predicted octanol–water partition coefficient (Wildman–Crippen LogP) is 2.81. The number of anilines is 3. The van der Waals surface area contributed by atoms with Gasteiger partial charge in [0.05, 0.1) is 24.0 Å². The Morgan fingerprint density at radius 1 is 1.27 bits per heavy atom. The Hall–Kier alpha value is -2.15. The predicted molar refractivity (Wildman–Crippen MR) is 101 cm³/mol. The molecule has 3 aromatic heterocycles. The number of thiophene rings is 1. The molecule has 0 bridgehead atoms. The van der Waals surface area contributed by atoms with E-state index in [2.05, 4.69) is 19.4 Å². The van der Waals surface area contributed by atoms with Crippen LogP contribution in [-0.2, 0) is 16.6 Å². The highest BCUT2D eigenvalue weighted by Gasteiger charge is 2.26. The second-order valence-electron chi connectivity index (χ2n) is 5.53. The van der Waals surface area contributed by atoms with Crippen LogP contribution in [0.4, 0.5) is 17.3 Å². The summed E-state index contributed by atoms with van der Waals surface area (Å²) < 4.78 is 39.1. The number of sulfonamides is 1. The topological polar surface area (TPSA) is 121 Å². The Bertz CT molecular complexity index is 1010. The quantitative estimate of drug-likeness (QED) is 0.539. The fourth-order valence-corrected chi connectivity index (χ4v) is 4.90. The average Bonchev–Trinajstić information content (AvgIpc) is 3.28. The third kappa shape index (κ3) is 3.67. The molecule has 3 N–H and O–H groups in total. The smallest absolute Gasteiger partial charge is 0.255 e. The average molecular weight is 416 g/mol. The lowest BCUT2D eigenvalue weighted by Gasteiger charge is -2.10. The second kappa shape index (κ2) is 7.23. The third-order valence-electron chi connectivity index (χ3n) is 3.41. The number of nitrogens with one attached hydrogen (secondary N) is 2. The van der Waals surface area contributed by atoms with Gasteiger partial charge in [-0.05, 0) is 19.1 Å². The Balaban J connectivity index is 1.77. The van der Waals surface area contributed by atoms with Crippen molar-refractivity contribution in [3.8, 4) is 5.75 Å². The molecule has 0 aliphatic carbocycles. The van der Waals surface area contributed by atoms with Crippen LogP contribution >= 0.6 is 23.1 Å². The van der Waals surface area contributed by atoms with Crippen LogP contribution in [0.15, 0.2) is 26.1 Å². The zero-order valence-electron chi connectivity index (χ0n) is 14.2. The summed E-state index contributed by atoms with van der Waals surface area (Å²) in [5.74, 6) is 2.09. The molecule has 3 heterocycles. The van der Waals surface area contributed by atoms with E-state index in [0.717, 1.165) is 38.9 Å². The number of nitrogens with zero attached hydrogens (tertiary/aromatic N) is 3.